The van der Waals surface area contributed by atoms with Gasteiger partial charge in [-0.15, -0.1) is 0 Å². The zero-order valence-corrected chi connectivity index (χ0v) is 45.4. The van der Waals surface area contributed by atoms with E-state index in [-0.39, 0.29) is 25.1 Å². The monoisotopic (exact) mass is 1120 g/mol. The summed E-state index contributed by atoms with van der Waals surface area (Å²) in [6.07, 6.45) is -7.36. The number of nitrogens with zero attached hydrogens (tertiary/aromatic N) is 2. The molecule has 14 unspecified atom stereocenters. The van der Waals surface area contributed by atoms with E-state index in [4.69, 9.17) is 4.74 Å². The molecule has 6 rings (SSSR count). The molecule has 0 bridgehead atoms. The molecule has 0 aliphatic carbocycles. The molecule has 0 spiro atoms. The van der Waals surface area contributed by atoms with E-state index in [0.717, 1.165) is 79.0 Å². The predicted molar refractivity (Wildman–Crippen MR) is 289 cm³/mol. The number of hydrogen-bond donors (Lipinski definition) is 13. The third-order valence-corrected chi connectivity index (χ3v) is 14.9. The van der Waals surface area contributed by atoms with Gasteiger partial charge in [0.25, 0.3) is 0 Å². The smallest absolute Gasteiger partial charge is 0.248 e. The zero-order valence-electron chi connectivity index (χ0n) is 45.4. The normalized spacial score (nSPS) is 27.6. The van der Waals surface area contributed by atoms with Gasteiger partial charge in [-0.1, -0.05) is 100 Å². The maximum absolute atomic E-state index is 14.4. The Balaban J connectivity index is 1.13. The Morgan fingerprint density at radius 2 is 1.20 bits per heavy atom. The molecule has 3 heterocycles. The Morgan fingerprint density at radius 3 is 1.82 bits per heavy atom. The summed E-state index contributed by atoms with van der Waals surface area (Å²) in [6.45, 7) is 3.57. The van der Waals surface area contributed by atoms with E-state index in [9.17, 15) is 74.4 Å². The van der Waals surface area contributed by atoms with Crippen LogP contribution in [0.5, 0.6) is 11.5 Å². The minimum atomic E-state index is -2.21. The lowest BCUT2D eigenvalue weighted by molar-refractivity contribution is -0.148. The topological polar surface area (TPSA) is 357 Å². The maximum atomic E-state index is 14.4. The number of carbonyl (C=O) groups excluding carboxylic acids is 7. The van der Waals surface area contributed by atoms with Crippen LogP contribution >= 0.6 is 0 Å². The second-order valence-electron chi connectivity index (χ2n) is 21.4. The summed E-state index contributed by atoms with van der Waals surface area (Å²) in [7, 11) is 0. The standard InChI is InChI=1S/C57H79N7O16/c1-32-30-64-49(50(32)72)55(77)62-53(75)44(70)29-41(58-45(71)17-13-8-6-4-5-7-9-14-26-80-40-24-20-37(21-25-40)36-15-11-10-12-16-36)51(73)59-46(33(2)65)56(78)63-31-39(68)28-42(63)52(74)61-48(54(76)60-47(34(3)66)57(64)79)43(69)27-35-18-22-38(67)23-19-35/h10-12,15-16,18-25,32-34,39,41-44,46-50,53,65-70,72,75H,4-9,13-14,17,26-31H2,1-3H3,(H,58,71)(H,59,73)(H,60,76)(H,61,74)(H,62,77). The molecule has 438 valence electrons. The fourth-order valence-corrected chi connectivity index (χ4v) is 10.3. The van der Waals surface area contributed by atoms with Crippen LogP contribution in [0.4, 0.5) is 0 Å². The van der Waals surface area contributed by atoms with Crippen molar-refractivity contribution in [2.45, 2.75) is 177 Å². The van der Waals surface area contributed by atoms with Crippen LogP contribution in [-0.4, -0.2) is 191 Å². The number of unbranched alkanes of at least 4 members (excludes halogenated alkanes) is 7. The average molecular weight is 1120 g/mol. The second kappa shape index (κ2) is 29.6. The Bertz CT molecular complexity index is 2540. The number of aromatic hydroxyl groups is 1. The van der Waals surface area contributed by atoms with Crippen molar-refractivity contribution in [1.29, 1.82) is 0 Å². The summed E-state index contributed by atoms with van der Waals surface area (Å²) in [5.41, 5.74) is 2.62. The molecule has 0 radical (unpaired) electrons. The number of fused-ring (bicyclic) bond motifs is 2. The van der Waals surface area contributed by atoms with E-state index in [1.807, 2.05) is 42.5 Å². The maximum Gasteiger partial charge on any atom is 0.248 e. The number of hydrogen-bond acceptors (Lipinski definition) is 16. The molecule has 13 N–H and O–H groups in total. The minimum Gasteiger partial charge on any atom is -0.508 e. The quantitative estimate of drug-likeness (QED) is 0.0681. The van der Waals surface area contributed by atoms with Crippen LogP contribution in [0.3, 0.4) is 0 Å². The number of carbonyl (C=O) groups is 7. The van der Waals surface area contributed by atoms with E-state index >= 15 is 0 Å². The number of nitrogens with one attached hydrogen (secondary N) is 5. The molecule has 3 aromatic carbocycles. The van der Waals surface area contributed by atoms with Crippen molar-refractivity contribution in [2.75, 3.05) is 19.7 Å². The molecular formula is C57H79N7O16. The van der Waals surface area contributed by atoms with Crippen molar-refractivity contribution in [1.82, 2.24) is 36.4 Å². The molecule has 23 nitrogen and oxygen atoms in total. The van der Waals surface area contributed by atoms with Gasteiger partial charge in [0.2, 0.25) is 41.4 Å². The lowest BCUT2D eigenvalue weighted by atomic mass is 9.99. The van der Waals surface area contributed by atoms with Gasteiger partial charge in [0.05, 0.1) is 37.1 Å². The first-order valence-corrected chi connectivity index (χ1v) is 27.6. The molecule has 80 heavy (non-hydrogen) atoms. The minimum absolute atomic E-state index is 0.0683. The molecule has 3 fully saturated rings. The Labute approximate surface area is 465 Å². The molecule has 23 heteroatoms. The molecule has 7 amide bonds. The van der Waals surface area contributed by atoms with Gasteiger partial charge >= 0.3 is 0 Å². The lowest BCUT2D eigenvalue weighted by Crippen LogP contribution is -2.64. The molecule has 3 aliphatic rings. The van der Waals surface area contributed by atoms with Gasteiger partial charge in [0, 0.05) is 44.7 Å². The predicted octanol–water partition coefficient (Wildman–Crippen LogP) is -0.378. The highest BCUT2D eigenvalue weighted by Gasteiger charge is 2.50. The summed E-state index contributed by atoms with van der Waals surface area (Å²) < 4.78 is 5.93. The van der Waals surface area contributed by atoms with Crippen molar-refractivity contribution in [3.8, 4) is 22.6 Å². The molecule has 0 saturated carbocycles. The summed E-state index contributed by atoms with van der Waals surface area (Å²) in [4.78, 5) is 101. The number of ether oxygens (including phenoxy) is 1. The van der Waals surface area contributed by atoms with Crippen molar-refractivity contribution in [2.24, 2.45) is 5.92 Å². The van der Waals surface area contributed by atoms with Crippen molar-refractivity contribution in [3.63, 3.8) is 0 Å². The zero-order chi connectivity index (χ0) is 58.2. The first kappa shape index (κ1) is 62.5. The summed E-state index contributed by atoms with van der Waals surface area (Å²) in [5.74, 6) is -7.59. The third kappa shape index (κ3) is 17.1. The van der Waals surface area contributed by atoms with Crippen LogP contribution < -0.4 is 31.3 Å². The number of phenolic OH excluding ortho intramolecular Hbond substituents is 1. The fourth-order valence-electron chi connectivity index (χ4n) is 10.3. The lowest BCUT2D eigenvalue weighted by Gasteiger charge is -2.33. The Morgan fingerprint density at radius 1 is 0.637 bits per heavy atom. The van der Waals surface area contributed by atoms with Crippen LogP contribution in [0.25, 0.3) is 11.1 Å². The van der Waals surface area contributed by atoms with Gasteiger partial charge in [-0.3, -0.25) is 33.6 Å². The van der Waals surface area contributed by atoms with Gasteiger partial charge in [-0.2, -0.15) is 0 Å². The number of benzene rings is 3. The summed E-state index contributed by atoms with van der Waals surface area (Å²) in [5, 5.41) is 99.7. The van der Waals surface area contributed by atoms with E-state index in [2.05, 4.69) is 38.7 Å². The molecule has 0 aromatic heterocycles. The number of aliphatic hydroxyl groups is 7. The Hall–Kier alpha value is -6.73. The van der Waals surface area contributed by atoms with Crippen LogP contribution in [0.15, 0.2) is 78.9 Å². The van der Waals surface area contributed by atoms with Crippen LogP contribution in [0.2, 0.25) is 0 Å². The Kier molecular flexibility index (Phi) is 23.2. The van der Waals surface area contributed by atoms with E-state index in [1.54, 1.807) is 0 Å². The molecule has 3 aliphatic heterocycles. The van der Waals surface area contributed by atoms with Crippen LogP contribution in [0, 0.1) is 5.92 Å². The first-order chi connectivity index (χ1) is 38.1. The van der Waals surface area contributed by atoms with Crippen LogP contribution in [-0.2, 0) is 40.0 Å². The average Bonchev–Trinajstić information content (AvgIpc) is 4.03. The first-order valence-electron chi connectivity index (χ1n) is 27.6. The van der Waals surface area contributed by atoms with Crippen molar-refractivity contribution in [3.05, 3.63) is 84.4 Å². The number of phenols is 1. The van der Waals surface area contributed by atoms with Gasteiger partial charge in [-0.25, -0.2) is 0 Å². The van der Waals surface area contributed by atoms with Gasteiger partial charge < -0.3 is 82.0 Å². The van der Waals surface area contributed by atoms with Gasteiger partial charge in [0.1, 0.15) is 53.9 Å². The molecule has 3 aromatic rings. The fraction of sp³-hybridized carbons (Fsp3) is 0.561. The summed E-state index contributed by atoms with van der Waals surface area (Å²) in [6, 6.07) is 12.7. The van der Waals surface area contributed by atoms with E-state index < -0.39 is 146 Å². The van der Waals surface area contributed by atoms with E-state index in [0.29, 0.717) is 25.0 Å². The molecule has 3 saturated heterocycles. The molecule has 14 atom stereocenters. The summed E-state index contributed by atoms with van der Waals surface area (Å²) >= 11 is 0. The van der Waals surface area contributed by atoms with Crippen molar-refractivity contribution >= 4 is 41.4 Å². The number of rotatable bonds is 19. The number of aliphatic hydroxyl groups excluding tert-OH is 7. The highest BCUT2D eigenvalue weighted by Crippen LogP contribution is 2.27. The van der Waals surface area contributed by atoms with Crippen molar-refractivity contribution < 1.29 is 79.2 Å². The SMILES string of the molecule is CC(O)C1NC(=O)C(NC(=O)CCCCCCCCCCOc2ccc(-c3ccccc3)cc2)CC(O)C(O)NC(=O)C2C(O)C(C)CN2C(=O)C(C(C)O)NC(=O)C(C(O)Cc2ccc(O)cc2)NC(=O)C2CC(O)CN2C1=O. The van der Waals surface area contributed by atoms with Gasteiger partial charge in [0.15, 0.2) is 6.23 Å². The van der Waals surface area contributed by atoms with Gasteiger partial charge in [-0.05, 0) is 67.6 Å². The molecular weight excluding hydrogens is 1040 g/mol. The number of amides is 7. The highest BCUT2D eigenvalue weighted by atomic mass is 16.5. The van der Waals surface area contributed by atoms with E-state index in [1.165, 1.54) is 31.2 Å². The van der Waals surface area contributed by atoms with Crippen LogP contribution in [0.1, 0.15) is 97.0 Å². The largest absolute Gasteiger partial charge is 0.508 e. The third-order valence-electron chi connectivity index (χ3n) is 14.9. The highest BCUT2D eigenvalue weighted by molar-refractivity contribution is 5.98. The second-order valence-corrected chi connectivity index (χ2v) is 21.4.